The highest BCUT2D eigenvalue weighted by Gasteiger charge is 2.47. The number of amides is 1. The summed E-state index contributed by atoms with van der Waals surface area (Å²) >= 11 is 0. The molecule has 1 spiro atoms. The lowest BCUT2D eigenvalue weighted by molar-refractivity contribution is -0.205. The van der Waals surface area contributed by atoms with Crippen LogP contribution in [0.3, 0.4) is 0 Å². The SMILES string of the molecule is CC(=O)NCc1ccc(N2CCC3(CC2)OCC[C@H](O)[C@@H]3O)nc1. The van der Waals surface area contributed by atoms with Crippen molar-refractivity contribution in [1.82, 2.24) is 10.3 Å². The standard InChI is InChI=1S/C17H25N3O4/c1-12(21)18-10-13-2-3-15(19-11-13)20-7-5-17(6-8-20)16(23)14(22)4-9-24-17/h2-3,11,14,16,22-23H,4-10H2,1H3,(H,18,21)/t14-,16-/m0/s1. The zero-order valence-electron chi connectivity index (χ0n) is 13.9. The van der Waals surface area contributed by atoms with Gasteiger partial charge in [0.1, 0.15) is 11.9 Å². The van der Waals surface area contributed by atoms with Gasteiger partial charge in [-0.1, -0.05) is 6.07 Å². The lowest BCUT2D eigenvalue weighted by atomic mass is 9.80. The van der Waals surface area contributed by atoms with Gasteiger partial charge in [0, 0.05) is 32.8 Å². The van der Waals surface area contributed by atoms with Gasteiger partial charge in [-0.15, -0.1) is 0 Å². The summed E-state index contributed by atoms with van der Waals surface area (Å²) in [4.78, 5) is 17.6. The fraction of sp³-hybridized carbons (Fsp3) is 0.647. The summed E-state index contributed by atoms with van der Waals surface area (Å²) < 4.78 is 5.85. The molecule has 132 valence electrons. The van der Waals surface area contributed by atoms with Crippen LogP contribution in [0.5, 0.6) is 0 Å². The molecule has 1 amide bonds. The summed E-state index contributed by atoms with van der Waals surface area (Å²) in [6, 6.07) is 3.90. The Bertz CT molecular complexity index is 570. The Labute approximate surface area is 141 Å². The highest BCUT2D eigenvalue weighted by molar-refractivity contribution is 5.72. The Morgan fingerprint density at radius 2 is 2.17 bits per heavy atom. The van der Waals surface area contributed by atoms with E-state index in [1.54, 1.807) is 6.20 Å². The Hall–Kier alpha value is -1.70. The van der Waals surface area contributed by atoms with E-state index in [4.69, 9.17) is 4.74 Å². The maximum absolute atomic E-state index is 10.9. The summed E-state index contributed by atoms with van der Waals surface area (Å²) in [6.07, 6.45) is 2.08. The number of anilines is 1. The van der Waals surface area contributed by atoms with Crippen LogP contribution in [0.15, 0.2) is 18.3 Å². The minimum absolute atomic E-state index is 0.0615. The van der Waals surface area contributed by atoms with Gasteiger partial charge < -0.3 is 25.2 Å². The van der Waals surface area contributed by atoms with Crippen LogP contribution < -0.4 is 10.2 Å². The normalized spacial score (nSPS) is 26.4. The first-order valence-electron chi connectivity index (χ1n) is 8.45. The lowest BCUT2D eigenvalue weighted by Gasteiger charge is -2.48. The largest absolute Gasteiger partial charge is 0.390 e. The van der Waals surface area contributed by atoms with Crippen molar-refractivity contribution in [3.63, 3.8) is 0 Å². The molecule has 24 heavy (non-hydrogen) atoms. The zero-order valence-corrected chi connectivity index (χ0v) is 13.9. The molecule has 0 radical (unpaired) electrons. The van der Waals surface area contributed by atoms with Gasteiger partial charge in [0.25, 0.3) is 0 Å². The number of hydrogen-bond donors (Lipinski definition) is 3. The van der Waals surface area contributed by atoms with E-state index in [0.717, 1.165) is 24.5 Å². The third kappa shape index (κ3) is 3.53. The Morgan fingerprint density at radius 1 is 1.42 bits per heavy atom. The van der Waals surface area contributed by atoms with E-state index in [2.05, 4.69) is 15.2 Å². The van der Waals surface area contributed by atoms with Crippen LogP contribution in [-0.4, -0.2) is 58.6 Å². The van der Waals surface area contributed by atoms with Gasteiger partial charge in [0.15, 0.2) is 0 Å². The smallest absolute Gasteiger partial charge is 0.217 e. The van der Waals surface area contributed by atoms with E-state index in [0.29, 0.717) is 32.4 Å². The van der Waals surface area contributed by atoms with Gasteiger partial charge in [0.2, 0.25) is 5.91 Å². The number of piperidine rings is 1. The molecule has 7 heteroatoms. The number of rotatable bonds is 3. The fourth-order valence-electron chi connectivity index (χ4n) is 3.47. The van der Waals surface area contributed by atoms with Crippen LogP contribution in [0.2, 0.25) is 0 Å². The molecule has 1 aromatic rings. The van der Waals surface area contributed by atoms with Crippen LogP contribution in [0.4, 0.5) is 5.82 Å². The maximum Gasteiger partial charge on any atom is 0.217 e. The Kier molecular flexibility index (Phi) is 5.03. The van der Waals surface area contributed by atoms with Crippen molar-refractivity contribution in [2.24, 2.45) is 0 Å². The molecular weight excluding hydrogens is 310 g/mol. The first kappa shape index (κ1) is 17.1. The first-order valence-corrected chi connectivity index (χ1v) is 8.45. The zero-order chi connectivity index (χ0) is 17.2. The molecule has 2 atom stereocenters. The minimum Gasteiger partial charge on any atom is -0.390 e. The number of carbonyl (C=O) groups is 1. The summed E-state index contributed by atoms with van der Waals surface area (Å²) in [5.74, 6) is 0.816. The molecule has 7 nitrogen and oxygen atoms in total. The molecule has 2 fully saturated rings. The van der Waals surface area contributed by atoms with E-state index >= 15 is 0 Å². The third-order valence-corrected chi connectivity index (χ3v) is 4.99. The van der Waals surface area contributed by atoms with Gasteiger partial charge in [-0.2, -0.15) is 0 Å². The highest BCUT2D eigenvalue weighted by Crippen LogP contribution is 2.36. The second kappa shape index (κ2) is 7.04. The summed E-state index contributed by atoms with van der Waals surface area (Å²) in [6.45, 7) is 3.91. The number of aliphatic hydroxyl groups excluding tert-OH is 2. The van der Waals surface area contributed by atoms with E-state index in [1.165, 1.54) is 6.92 Å². The third-order valence-electron chi connectivity index (χ3n) is 4.99. The van der Waals surface area contributed by atoms with Crippen molar-refractivity contribution in [3.05, 3.63) is 23.9 Å². The second-order valence-electron chi connectivity index (χ2n) is 6.64. The molecule has 2 aliphatic rings. The maximum atomic E-state index is 10.9. The Morgan fingerprint density at radius 3 is 2.79 bits per heavy atom. The van der Waals surface area contributed by atoms with Crippen LogP contribution in [0, 0.1) is 0 Å². The number of ether oxygens (including phenoxy) is 1. The minimum atomic E-state index is -0.818. The van der Waals surface area contributed by atoms with Crippen LogP contribution >= 0.6 is 0 Å². The first-order chi connectivity index (χ1) is 11.5. The number of aromatic nitrogens is 1. The van der Waals surface area contributed by atoms with Crippen molar-refractivity contribution in [2.45, 2.75) is 50.5 Å². The Balaban J connectivity index is 1.59. The summed E-state index contributed by atoms with van der Waals surface area (Å²) in [5, 5.41) is 23.0. The molecule has 1 aromatic heterocycles. The molecular formula is C17H25N3O4. The topological polar surface area (TPSA) is 94.9 Å². The number of aliphatic hydroxyl groups is 2. The average molecular weight is 335 g/mol. The molecule has 0 aromatic carbocycles. The molecule has 3 rings (SSSR count). The molecule has 3 heterocycles. The average Bonchev–Trinajstić information content (AvgIpc) is 2.59. The van der Waals surface area contributed by atoms with Crippen LogP contribution in [-0.2, 0) is 16.1 Å². The van der Waals surface area contributed by atoms with Crippen molar-refractivity contribution < 1.29 is 19.7 Å². The van der Waals surface area contributed by atoms with Crippen LogP contribution in [0.25, 0.3) is 0 Å². The monoisotopic (exact) mass is 335 g/mol. The number of hydrogen-bond acceptors (Lipinski definition) is 6. The highest BCUT2D eigenvalue weighted by atomic mass is 16.5. The van der Waals surface area contributed by atoms with Crippen molar-refractivity contribution in [3.8, 4) is 0 Å². The number of carbonyl (C=O) groups excluding carboxylic acids is 1. The van der Waals surface area contributed by atoms with E-state index in [9.17, 15) is 15.0 Å². The number of nitrogens with one attached hydrogen (secondary N) is 1. The van der Waals surface area contributed by atoms with E-state index < -0.39 is 17.8 Å². The van der Waals surface area contributed by atoms with Crippen molar-refractivity contribution >= 4 is 11.7 Å². The molecule has 0 saturated carbocycles. The summed E-state index contributed by atoms with van der Waals surface area (Å²) in [5.41, 5.74) is 0.330. The molecule has 0 unspecified atom stereocenters. The molecule has 2 aliphatic heterocycles. The summed E-state index contributed by atoms with van der Waals surface area (Å²) in [7, 11) is 0. The van der Waals surface area contributed by atoms with Crippen molar-refractivity contribution in [1.29, 1.82) is 0 Å². The van der Waals surface area contributed by atoms with E-state index in [1.807, 2.05) is 12.1 Å². The van der Waals surface area contributed by atoms with E-state index in [-0.39, 0.29) is 5.91 Å². The predicted molar refractivity (Wildman–Crippen MR) is 88.5 cm³/mol. The van der Waals surface area contributed by atoms with Gasteiger partial charge in [-0.05, 0) is 30.9 Å². The number of nitrogens with zero attached hydrogens (tertiary/aromatic N) is 2. The lowest BCUT2D eigenvalue weighted by Crippen LogP contribution is -2.60. The molecule has 0 bridgehead atoms. The van der Waals surface area contributed by atoms with Gasteiger partial charge in [-0.3, -0.25) is 4.79 Å². The van der Waals surface area contributed by atoms with Crippen LogP contribution in [0.1, 0.15) is 31.7 Å². The van der Waals surface area contributed by atoms with Gasteiger partial charge >= 0.3 is 0 Å². The van der Waals surface area contributed by atoms with Gasteiger partial charge in [0.05, 0.1) is 18.3 Å². The quantitative estimate of drug-likeness (QED) is 0.730. The predicted octanol–water partition coefficient (Wildman–Crippen LogP) is 0.199. The fourth-order valence-corrected chi connectivity index (χ4v) is 3.47. The van der Waals surface area contributed by atoms with Gasteiger partial charge in [-0.25, -0.2) is 4.98 Å². The molecule has 3 N–H and O–H groups in total. The second-order valence-corrected chi connectivity index (χ2v) is 6.64. The number of pyridine rings is 1. The van der Waals surface area contributed by atoms with Crippen molar-refractivity contribution in [2.75, 3.05) is 24.6 Å². The molecule has 2 saturated heterocycles. The molecule has 0 aliphatic carbocycles.